The quantitative estimate of drug-likeness (QED) is 0.801. The van der Waals surface area contributed by atoms with Crippen LogP contribution in [0.3, 0.4) is 0 Å². The van der Waals surface area contributed by atoms with Crippen molar-refractivity contribution in [3.05, 3.63) is 17.8 Å². The number of hydrogen-bond donors (Lipinski definition) is 1. The molecule has 1 N–H and O–H groups in total. The molecule has 3 nitrogen and oxygen atoms in total. The van der Waals surface area contributed by atoms with Crippen LogP contribution in [0.25, 0.3) is 0 Å². The molecule has 3 heteroatoms. The van der Waals surface area contributed by atoms with Crippen LogP contribution in [-0.4, -0.2) is 16.7 Å². The lowest BCUT2D eigenvalue weighted by molar-refractivity contribution is 0.282. The van der Waals surface area contributed by atoms with Crippen molar-refractivity contribution in [1.29, 1.82) is 0 Å². The van der Waals surface area contributed by atoms with Crippen molar-refractivity contribution in [2.24, 2.45) is 0 Å². The molecule has 1 fully saturated rings. The first-order chi connectivity index (χ1) is 6.90. The van der Waals surface area contributed by atoms with Crippen LogP contribution in [0.1, 0.15) is 49.7 Å². The van der Waals surface area contributed by atoms with Crippen molar-refractivity contribution in [2.75, 3.05) is 6.61 Å². The highest BCUT2D eigenvalue weighted by Gasteiger charge is 2.20. The van der Waals surface area contributed by atoms with Crippen molar-refractivity contribution < 1.29 is 9.52 Å². The highest BCUT2D eigenvalue weighted by Crippen LogP contribution is 2.34. The van der Waals surface area contributed by atoms with Crippen LogP contribution in [0.5, 0.6) is 0 Å². The second-order valence-electron chi connectivity index (χ2n) is 3.96. The summed E-state index contributed by atoms with van der Waals surface area (Å²) in [6, 6.07) is 0. The summed E-state index contributed by atoms with van der Waals surface area (Å²) in [5.41, 5.74) is 0. The van der Waals surface area contributed by atoms with E-state index in [1.807, 2.05) is 6.20 Å². The summed E-state index contributed by atoms with van der Waals surface area (Å²) in [6.45, 7) is 0.209. The highest BCUT2D eigenvalue weighted by atomic mass is 16.4. The molecule has 0 aromatic carbocycles. The number of hydrogen-bond acceptors (Lipinski definition) is 3. The third-order valence-electron chi connectivity index (χ3n) is 2.88. The molecule has 1 aliphatic rings. The summed E-state index contributed by atoms with van der Waals surface area (Å²) in [7, 11) is 0. The number of rotatable bonds is 4. The Morgan fingerprint density at radius 3 is 2.93 bits per heavy atom. The molecule has 0 unspecified atom stereocenters. The van der Waals surface area contributed by atoms with Gasteiger partial charge in [0.15, 0.2) is 5.89 Å². The Morgan fingerprint density at radius 2 is 2.21 bits per heavy atom. The van der Waals surface area contributed by atoms with Crippen LogP contribution in [0.2, 0.25) is 0 Å². The topological polar surface area (TPSA) is 46.3 Å². The summed E-state index contributed by atoms with van der Waals surface area (Å²) in [4.78, 5) is 4.22. The van der Waals surface area contributed by atoms with Crippen LogP contribution in [0.15, 0.2) is 10.6 Å². The molecule has 1 aromatic heterocycles. The van der Waals surface area contributed by atoms with Gasteiger partial charge in [0.05, 0.1) is 6.20 Å². The van der Waals surface area contributed by atoms with E-state index in [9.17, 15) is 0 Å². The van der Waals surface area contributed by atoms with Crippen molar-refractivity contribution in [3.8, 4) is 0 Å². The number of aromatic nitrogens is 1. The van der Waals surface area contributed by atoms with Gasteiger partial charge in [0, 0.05) is 18.9 Å². The largest absolute Gasteiger partial charge is 0.445 e. The Kier molecular flexibility index (Phi) is 3.19. The van der Waals surface area contributed by atoms with Crippen molar-refractivity contribution in [3.63, 3.8) is 0 Å². The van der Waals surface area contributed by atoms with Crippen LogP contribution >= 0.6 is 0 Å². The van der Waals surface area contributed by atoms with Gasteiger partial charge in [0.1, 0.15) is 5.76 Å². The Hall–Kier alpha value is -0.830. The summed E-state index contributed by atoms with van der Waals surface area (Å²) in [5, 5.41) is 8.68. The lowest BCUT2D eigenvalue weighted by atomic mass is 10.1. The van der Waals surface area contributed by atoms with Crippen LogP contribution < -0.4 is 0 Å². The maximum Gasteiger partial charge on any atom is 0.194 e. The molecule has 0 radical (unpaired) electrons. The van der Waals surface area contributed by atoms with E-state index >= 15 is 0 Å². The standard InChI is InChI=1S/C11H17NO2/c13-7-3-6-11-12-8-10(14-11)9-4-1-2-5-9/h8-9,13H,1-7H2. The summed E-state index contributed by atoms with van der Waals surface area (Å²) in [6.07, 6.45) is 8.48. The number of oxazole rings is 1. The minimum Gasteiger partial charge on any atom is -0.445 e. The molecule has 0 amide bonds. The van der Waals surface area contributed by atoms with Crippen molar-refractivity contribution >= 4 is 0 Å². The lowest BCUT2D eigenvalue weighted by Gasteiger charge is -2.02. The summed E-state index contributed by atoms with van der Waals surface area (Å²) in [5.74, 6) is 2.43. The zero-order chi connectivity index (χ0) is 9.80. The molecule has 1 aliphatic carbocycles. The SMILES string of the molecule is OCCCc1ncc(C2CCCC2)o1. The predicted molar refractivity (Wildman–Crippen MR) is 53.1 cm³/mol. The molecule has 1 heterocycles. The molecule has 0 saturated heterocycles. The van der Waals surface area contributed by atoms with Gasteiger partial charge in [0.25, 0.3) is 0 Å². The van der Waals surface area contributed by atoms with E-state index in [4.69, 9.17) is 9.52 Å². The Labute approximate surface area is 84.2 Å². The van der Waals surface area contributed by atoms with Gasteiger partial charge in [-0.2, -0.15) is 0 Å². The van der Waals surface area contributed by atoms with Crippen LogP contribution in [-0.2, 0) is 6.42 Å². The number of aliphatic hydroxyl groups is 1. The third-order valence-corrected chi connectivity index (χ3v) is 2.88. The minimum atomic E-state index is 0.209. The monoisotopic (exact) mass is 195 g/mol. The predicted octanol–water partition coefficient (Wildman–Crippen LogP) is 2.26. The van der Waals surface area contributed by atoms with E-state index in [-0.39, 0.29) is 6.61 Å². The van der Waals surface area contributed by atoms with Gasteiger partial charge >= 0.3 is 0 Å². The molecule has 0 aliphatic heterocycles. The molecule has 1 aromatic rings. The van der Waals surface area contributed by atoms with Gasteiger partial charge in [-0.05, 0) is 19.3 Å². The fourth-order valence-electron chi connectivity index (χ4n) is 2.07. The van der Waals surface area contributed by atoms with Gasteiger partial charge in [-0.25, -0.2) is 4.98 Å². The maximum absolute atomic E-state index is 8.68. The Bertz CT molecular complexity index is 277. The Balaban J connectivity index is 1.94. The molecule has 78 valence electrons. The fraction of sp³-hybridized carbons (Fsp3) is 0.727. The molecule has 0 atom stereocenters. The molecular weight excluding hydrogens is 178 g/mol. The molecule has 0 spiro atoms. The van der Waals surface area contributed by atoms with Gasteiger partial charge in [-0.3, -0.25) is 0 Å². The van der Waals surface area contributed by atoms with E-state index in [1.165, 1.54) is 25.7 Å². The van der Waals surface area contributed by atoms with E-state index in [2.05, 4.69) is 4.98 Å². The van der Waals surface area contributed by atoms with Crippen molar-refractivity contribution in [1.82, 2.24) is 4.98 Å². The minimum absolute atomic E-state index is 0.209. The van der Waals surface area contributed by atoms with Crippen LogP contribution in [0.4, 0.5) is 0 Å². The number of aryl methyl sites for hydroxylation is 1. The summed E-state index contributed by atoms with van der Waals surface area (Å²) < 4.78 is 5.65. The zero-order valence-electron chi connectivity index (χ0n) is 8.41. The Morgan fingerprint density at radius 1 is 1.43 bits per heavy atom. The third kappa shape index (κ3) is 2.15. The smallest absolute Gasteiger partial charge is 0.194 e. The average Bonchev–Trinajstić information content (AvgIpc) is 2.85. The molecular formula is C11H17NO2. The van der Waals surface area contributed by atoms with E-state index in [0.29, 0.717) is 5.92 Å². The maximum atomic E-state index is 8.68. The van der Waals surface area contributed by atoms with E-state index in [1.54, 1.807) is 0 Å². The fourth-order valence-corrected chi connectivity index (χ4v) is 2.07. The van der Waals surface area contributed by atoms with Crippen LogP contribution in [0, 0.1) is 0 Å². The first-order valence-electron chi connectivity index (χ1n) is 5.45. The molecule has 14 heavy (non-hydrogen) atoms. The van der Waals surface area contributed by atoms with Gasteiger partial charge < -0.3 is 9.52 Å². The number of nitrogens with zero attached hydrogens (tertiary/aromatic N) is 1. The first kappa shape index (κ1) is 9.71. The normalized spacial score (nSPS) is 17.8. The van der Waals surface area contributed by atoms with Gasteiger partial charge in [0.2, 0.25) is 0 Å². The highest BCUT2D eigenvalue weighted by molar-refractivity contribution is 5.03. The number of aliphatic hydroxyl groups excluding tert-OH is 1. The second kappa shape index (κ2) is 4.60. The van der Waals surface area contributed by atoms with Gasteiger partial charge in [-0.1, -0.05) is 12.8 Å². The second-order valence-corrected chi connectivity index (χ2v) is 3.96. The molecule has 2 rings (SSSR count). The lowest BCUT2D eigenvalue weighted by Crippen LogP contribution is -1.89. The molecule has 0 bridgehead atoms. The average molecular weight is 195 g/mol. The van der Waals surface area contributed by atoms with Crippen molar-refractivity contribution in [2.45, 2.75) is 44.4 Å². The molecule has 1 saturated carbocycles. The van der Waals surface area contributed by atoms with Gasteiger partial charge in [-0.15, -0.1) is 0 Å². The van der Waals surface area contributed by atoms with E-state index in [0.717, 1.165) is 24.5 Å². The first-order valence-corrected chi connectivity index (χ1v) is 5.45. The zero-order valence-corrected chi connectivity index (χ0v) is 8.41. The summed E-state index contributed by atoms with van der Waals surface area (Å²) >= 11 is 0. The van der Waals surface area contributed by atoms with E-state index < -0.39 is 0 Å².